The Morgan fingerprint density at radius 2 is 1.79 bits per heavy atom. The molecule has 0 radical (unpaired) electrons. The number of aromatic nitrogens is 1. The van der Waals surface area contributed by atoms with Gasteiger partial charge in [-0.1, -0.05) is 24.3 Å². The standard InChI is InChI=1S/C20H16N2O2/c1-23-17-9-7-16(8-10-17)21-20-12-15(13-24-20)19-11-6-14-4-2-3-5-18(14)22-19/h2-13,21H,1H3. The summed E-state index contributed by atoms with van der Waals surface area (Å²) in [5.41, 5.74) is 3.74. The average molecular weight is 316 g/mol. The lowest BCUT2D eigenvalue weighted by atomic mass is 10.1. The number of pyridine rings is 1. The average Bonchev–Trinajstić information content (AvgIpc) is 3.10. The zero-order chi connectivity index (χ0) is 16.4. The van der Waals surface area contributed by atoms with Gasteiger partial charge in [0.1, 0.15) is 12.0 Å². The maximum absolute atomic E-state index is 5.61. The molecule has 1 N–H and O–H groups in total. The highest BCUT2D eigenvalue weighted by Gasteiger charge is 2.07. The Morgan fingerprint density at radius 3 is 2.62 bits per heavy atom. The second-order valence-corrected chi connectivity index (χ2v) is 5.44. The van der Waals surface area contributed by atoms with Crippen LogP contribution in [-0.2, 0) is 0 Å². The fourth-order valence-electron chi connectivity index (χ4n) is 2.58. The van der Waals surface area contributed by atoms with Crippen molar-refractivity contribution in [3.05, 3.63) is 73.0 Å². The van der Waals surface area contributed by atoms with Crippen LogP contribution in [0, 0.1) is 0 Å². The molecule has 0 amide bonds. The van der Waals surface area contributed by atoms with E-state index in [4.69, 9.17) is 9.15 Å². The number of rotatable bonds is 4. The maximum atomic E-state index is 5.61. The number of methoxy groups -OCH3 is 1. The molecule has 0 saturated carbocycles. The number of nitrogens with zero attached hydrogens (tertiary/aromatic N) is 1. The van der Waals surface area contributed by atoms with Crippen LogP contribution in [0.3, 0.4) is 0 Å². The van der Waals surface area contributed by atoms with E-state index in [1.165, 1.54) is 0 Å². The quantitative estimate of drug-likeness (QED) is 0.559. The van der Waals surface area contributed by atoms with Crippen LogP contribution in [0.25, 0.3) is 22.2 Å². The number of fused-ring (bicyclic) bond motifs is 1. The highest BCUT2D eigenvalue weighted by atomic mass is 16.5. The van der Waals surface area contributed by atoms with Gasteiger partial charge < -0.3 is 14.5 Å². The van der Waals surface area contributed by atoms with E-state index in [1.54, 1.807) is 13.4 Å². The van der Waals surface area contributed by atoms with Gasteiger partial charge in [0.25, 0.3) is 0 Å². The van der Waals surface area contributed by atoms with Crippen molar-refractivity contribution < 1.29 is 9.15 Å². The van der Waals surface area contributed by atoms with Crippen molar-refractivity contribution in [1.29, 1.82) is 0 Å². The summed E-state index contributed by atoms with van der Waals surface area (Å²) in [6.45, 7) is 0. The molecule has 2 aromatic carbocycles. The van der Waals surface area contributed by atoms with E-state index in [9.17, 15) is 0 Å². The van der Waals surface area contributed by atoms with E-state index in [0.29, 0.717) is 5.88 Å². The number of hydrogen-bond donors (Lipinski definition) is 1. The number of hydrogen-bond acceptors (Lipinski definition) is 4. The third-order valence-electron chi connectivity index (χ3n) is 3.85. The number of nitrogens with one attached hydrogen (secondary N) is 1. The third-order valence-corrected chi connectivity index (χ3v) is 3.85. The second-order valence-electron chi connectivity index (χ2n) is 5.44. The predicted octanol–water partition coefficient (Wildman–Crippen LogP) is 5.25. The summed E-state index contributed by atoms with van der Waals surface area (Å²) in [6.07, 6.45) is 1.71. The molecule has 0 aliphatic rings. The molecule has 0 bridgehead atoms. The van der Waals surface area contributed by atoms with E-state index in [0.717, 1.165) is 33.6 Å². The minimum Gasteiger partial charge on any atom is -0.497 e. The number of furan rings is 1. The molecule has 0 fully saturated rings. The van der Waals surface area contributed by atoms with E-state index in [2.05, 4.69) is 22.4 Å². The first kappa shape index (κ1) is 14.3. The Kier molecular flexibility index (Phi) is 3.63. The zero-order valence-corrected chi connectivity index (χ0v) is 13.2. The van der Waals surface area contributed by atoms with Crippen LogP contribution in [0.2, 0.25) is 0 Å². The molecule has 0 saturated heterocycles. The summed E-state index contributed by atoms with van der Waals surface area (Å²) < 4.78 is 10.8. The molecule has 118 valence electrons. The lowest BCUT2D eigenvalue weighted by Gasteiger charge is -2.04. The normalized spacial score (nSPS) is 10.7. The molecule has 2 aromatic heterocycles. The van der Waals surface area contributed by atoms with Gasteiger partial charge in [-0.15, -0.1) is 0 Å². The Bertz CT molecular complexity index is 974. The number of para-hydroxylation sites is 1. The summed E-state index contributed by atoms with van der Waals surface area (Å²) in [5, 5.41) is 4.36. The van der Waals surface area contributed by atoms with Crippen molar-refractivity contribution in [3.8, 4) is 17.0 Å². The molecule has 0 aliphatic carbocycles. The van der Waals surface area contributed by atoms with E-state index in [1.807, 2.05) is 54.6 Å². The van der Waals surface area contributed by atoms with Crippen LogP contribution in [0.15, 0.2) is 77.4 Å². The lowest BCUT2D eigenvalue weighted by Crippen LogP contribution is -1.88. The van der Waals surface area contributed by atoms with Crippen molar-refractivity contribution in [2.45, 2.75) is 0 Å². The van der Waals surface area contributed by atoms with Gasteiger partial charge in [0.15, 0.2) is 5.88 Å². The number of anilines is 2. The van der Waals surface area contributed by atoms with Crippen LogP contribution >= 0.6 is 0 Å². The first-order chi connectivity index (χ1) is 11.8. The second kappa shape index (κ2) is 6.08. The lowest BCUT2D eigenvalue weighted by molar-refractivity contribution is 0.415. The van der Waals surface area contributed by atoms with Gasteiger partial charge in [-0.3, -0.25) is 0 Å². The Balaban J connectivity index is 1.58. The maximum Gasteiger partial charge on any atom is 0.197 e. The van der Waals surface area contributed by atoms with Crippen LogP contribution in [0.5, 0.6) is 5.75 Å². The van der Waals surface area contributed by atoms with Crippen LogP contribution in [0.1, 0.15) is 0 Å². The minimum absolute atomic E-state index is 0.671. The van der Waals surface area contributed by atoms with Gasteiger partial charge in [0.05, 0.1) is 18.3 Å². The molecule has 0 unspecified atom stereocenters. The molecule has 0 aliphatic heterocycles. The molecule has 0 atom stereocenters. The minimum atomic E-state index is 0.671. The van der Waals surface area contributed by atoms with E-state index < -0.39 is 0 Å². The number of benzene rings is 2. The topological polar surface area (TPSA) is 47.3 Å². The Hall–Kier alpha value is -3.27. The van der Waals surface area contributed by atoms with Crippen LogP contribution < -0.4 is 10.1 Å². The third kappa shape index (κ3) is 2.82. The summed E-state index contributed by atoms with van der Waals surface area (Å²) in [4.78, 5) is 4.68. The summed E-state index contributed by atoms with van der Waals surface area (Å²) in [6, 6.07) is 21.8. The van der Waals surface area contributed by atoms with E-state index >= 15 is 0 Å². The van der Waals surface area contributed by atoms with Crippen molar-refractivity contribution in [3.63, 3.8) is 0 Å². The summed E-state index contributed by atoms with van der Waals surface area (Å²) >= 11 is 0. The van der Waals surface area contributed by atoms with Gasteiger partial charge in [-0.25, -0.2) is 4.98 Å². The molecule has 4 aromatic rings. The van der Waals surface area contributed by atoms with Gasteiger partial charge in [0.2, 0.25) is 0 Å². The molecule has 24 heavy (non-hydrogen) atoms. The molecule has 2 heterocycles. The molecule has 4 nitrogen and oxygen atoms in total. The number of ether oxygens (including phenoxy) is 1. The molecule has 0 spiro atoms. The van der Waals surface area contributed by atoms with Gasteiger partial charge in [0, 0.05) is 22.7 Å². The Morgan fingerprint density at radius 1 is 0.958 bits per heavy atom. The fourth-order valence-corrected chi connectivity index (χ4v) is 2.58. The SMILES string of the molecule is COc1ccc(Nc2cc(-c3ccc4ccccc4n3)co2)cc1. The van der Waals surface area contributed by atoms with Gasteiger partial charge in [-0.05, 0) is 36.4 Å². The highest BCUT2D eigenvalue weighted by molar-refractivity contribution is 5.81. The van der Waals surface area contributed by atoms with Gasteiger partial charge >= 0.3 is 0 Å². The Labute approximate surface area is 139 Å². The van der Waals surface area contributed by atoms with Crippen molar-refractivity contribution >= 4 is 22.5 Å². The largest absolute Gasteiger partial charge is 0.497 e. The smallest absolute Gasteiger partial charge is 0.197 e. The molecular formula is C20H16N2O2. The van der Waals surface area contributed by atoms with Crippen molar-refractivity contribution in [1.82, 2.24) is 4.98 Å². The van der Waals surface area contributed by atoms with Crippen molar-refractivity contribution in [2.75, 3.05) is 12.4 Å². The zero-order valence-electron chi connectivity index (χ0n) is 13.2. The highest BCUT2D eigenvalue weighted by Crippen LogP contribution is 2.27. The first-order valence-electron chi connectivity index (χ1n) is 7.67. The van der Waals surface area contributed by atoms with Crippen LogP contribution in [0.4, 0.5) is 11.6 Å². The molecule has 4 heteroatoms. The summed E-state index contributed by atoms with van der Waals surface area (Å²) in [5.74, 6) is 1.49. The van der Waals surface area contributed by atoms with Gasteiger partial charge in [-0.2, -0.15) is 0 Å². The monoisotopic (exact) mass is 316 g/mol. The first-order valence-corrected chi connectivity index (χ1v) is 7.67. The summed E-state index contributed by atoms with van der Waals surface area (Å²) in [7, 11) is 1.65. The predicted molar refractivity (Wildman–Crippen MR) is 95.7 cm³/mol. The molecular weight excluding hydrogens is 300 g/mol. The van der Waals surface area contributed by atoms with Crippen molar-refractivity contribution in [2.24, 2.45) is 0 Å². The fraction of sp³-hybridized carbons (Fsp3) is 0.0500. The van der Waals surface area contributed by atoms with Crippen LogP contribution in [-0.4, -0.2) is 12.1 Å². The van der Waals surface area contributed by atoms with E-state index in [-0.39, 0.29) is 0 Å². The molecule has 4 rings (SSSR count).